The summed E-state index contributed by atoms with van der Waals surface area (Å²) >= 11 is 9.26. The number of rotatable bonds is 5. The van der Waals surface area contributed by atoms with Crippen LogP contribution in [-0.4, -0.2) is 28.1 Å². The SMILES string of the molecule is O=C(N[C@H]1CC[C@@H](Nc2nc(Cl)ncc2Br)CC1)OCc1ccccc1. The van der Waals surface area contributed by atoms with Crippen LogP contribution >= 0.6 is 27.5 Å². The molecule has 0 atom stereocenters. The number of anilines is 1. The van der Waals surface area contributed by atoms with Gasteiger partial charge in [0.1, 0.15) is 12.4 Å². The van der Waals surface area contributed by atoms with Gasteiger partial charge in [-0.1, -0.05) is 30.3 Å². The molecule has 0 saturated heterocycles. The summed E-state index contributed by atoms with van der Waals surface area (Å²) in [4.78, 5) is 20.1. The largest absolute Gasteiger partial charge is 0.445 e. The van der Waals surface area contributed by atoms with Crippen LogP contribution in [0.3, 0.4) is 0 Å². The molecular weight excluding hydrogens is 420 g/mol. The van der Waals surface area contributed by atoms with Gasteiger partial charge in [-0.2, -0.15) is 4.98 Å². The van der Waals surface area contributed by atoms with E-state index in [4.69, 9.17) is 16.3 Å². The van der Waals surface area contributed by atoms with E-state index in [1.165, 1.54) is 0 Å². The highest BCUT2D eigenvalue weighted by Crippen LogP contribution is 2.26. The highest BCUT2D eigenvalue weighted by Gasteiger charge is 2.23. The molecule has 26 heavy (non-hydrogen) atoms. The Kier molecular flexibility index (Phi) is 6.68. The molecule has 0 unspecified atom stereocenters. The Balaban J connectivity index is 1.40. The molecule has 0 bridgehead atoms. The lowest BCUT2D eigenvalue weighted by Crippen LogP contribution is -2.40. The van der Waals surface area contributed by atoms with Crippen LogP contribution in [0.2, 0.25) is 5.28 Å². The van der Waals surface area contributed by atoms with Gasteiger partial charge in [-0.05, 0) is 58.8 Å². The van der Waals surface area contributed by atoms with Crippen molar-refractivity contribution in [3.8, 4) is 0 Å². The maximum atomic E-state index is 12.0. The number of benzene rings is 1. The maximum Gasteiger partial charge on any atom is 0.407 e. The summed E-state index contributed by atoms with van der Waals surface area (Å²) in [5.74, 6) is 0.698. The summed E-state index contributed by atoms with van der Waals surface area (Å²) in [6.07, 6.45) is 4.89. The highest BCUT2D eigenvalue weighted by atomic mass is 79.9. The summed E-state index contributed by atoms with van der Waals surface area (Å²) in [6.45, 7) is 0.284. The van der Waals surface area contributed by atoms with Crippen LogP contribution in [0.5, 0.6) is 0 Å². The third-order valence-corrected chi connectivity index (χ3v) is 5.08. The van der Waals surface area contributed by atoms with Gasteiger partial charge in [0.2, 0.25) is 5.28 Å². The van der Waals surface area contributed by atoms with Crippen molar-refractivity contribution in [2.75, 3.05) is 5.32 Å². The summed E-state index contributed by atoms with van der Waals surface area (Å²) in [5, 5.41) is 6.55. The Bertz CT molecular complexity index is 739. The number of aromatic nitrogens is 2. The molecular formula is C18H20BrClN4O2. The number of hydrogen-bond donors (Lipinski definition) is 2. The van der Waals surface area contributed by atoms with Crippen LogP contribution in [0.4, 0.5) is 10.6 Å². The van der Waals surface area contributed by atoms with E-state index in [0.717, 1.165) is 35.7 Å². The van der Waals surface area contributed by atoms with Gasteiger partial charge in [-0.15, -0.1) is 0 Å². The minimum Gasteiger partial charge on any atom is -0.445 e. The summed E-state index contributed by atoms with van der Waals surface area (Å²) in [7, 11) is 0. The maximum absolute atomic E-state index is 12.0. The molecule has 2 aromatic rings. The van der Waals surface area contributed by atoms with Crippen molar-refractivity contribution >= 4 is 39.4 Å². The molecule has 1 amide bonds. The Labute approximate surface area is 165 Å². The van der Waals surface area contributed by atoms with E-state index in [9.17, 15) is 4.79 Å². The van der Waals surface area contributed by atoms with Crippen molar-refractivity contribution in [1.82, 2.24) is 15.3 Å². The number of nitrogens with zero attached hydrogens (tertiary/aromatic N) is 2. The molecule has 1 aromatic heterocycles. The Hall–Kier alpha value is -1.86. The second-order valence-corrected chi connectivity index (χ2v) is 7.43. The van der Waals surface area contributed by atoms with Crippen molar-refractivity contribution in [3.05, 3.63) is 51.8 Å². The molecule has 0 radical (unpaired) electrons. The molecule has 2 N–H and O–H groups in total. The molecule has 1 fully saturated rings. The first-order chi connectivity index (χ1) is 12.6. The van der Waals surface area contributed by atoms with E-state index in [-0.39, 0.29) is 30.1 Å². The van der Waals surface area contributed by atoms with Gasteiger partial charge in [0.15, 0.2) is 0 Å². The zero-order valence-corrected chi connectivity index (χ0v) is 16.5. The Morgan fingerprint density at radius 3 is 2.62 bits per heavy atom. The van der Waals surface area contributed by atoms with Crippen molar-refractivity contribution in [2.45, 2.75) is 44.4 Å². The lowest BCUT2D eigenvalue weighted by molar-refractivity contribution is 0.132. The van der Waals surface area contributed by atoms with E-state index in [0.29, 0.717) is 5.82 Å². The third kappa shape index (κ3) is 5.57. The second-order valence-electron chi connectivity index (χ2n) is 6.23. The summed E-state index contributed by atoms with van der Waals surface area (Å²) < 4.78 is 6.06. The van der Waals surface area contributed by atoms with E-state index < -0.39 is 0 Å². The number of ether oxygens (including phenoxy) is 1. The standard InChI is InChI=1S/C18H20BrClN4O2/c19-15-10-21-17(20)24-16(15)22-13-6-8-14(9-7-13)23-18(25)26-11-12-4-2-1-3-5-12/h1-5,10,13-14H,6-9,11H2,(H,23,25)(H,21,22,24)/t13-,14+. The van der Waals surface area contributed by atoms with Crippen LogP contribution in [-0.2, 0) is 11.3 Å². The van der Waals surface area contributed by atoms with E-state index >= 15 is 0 Å². The number of nitrogens with one attached hydrogen (secondary N) is 2. The minimum absolute atomic E-state index is 0.133. The normalized spacial score (nSPS) is 19.6. The van der Waals surface area contributed by atoms with Gasteiger partial charge in [0.05, 0.1) is 4.47 Å². The Morgan fingerprint density at radius 2 is 1.88 bits per heavy atom. The monoisotopic (exact) mass is 438 g/mol. The zero-order chi connectivity index (χ0) is 18.4. The summed E-state index contributed by atoms with van der Waals surface area (Å²) in [5.41, 5.74) is 0.977. The van der Waals surface area contributed by atoms with E-state index in [1.807, 2.05) is 30.3 Å². The second kappa shape index (κ2) is 9.19. The lowest BCUT2D eigenvalue weighted by Gasteiger charge is -2.29. The van der Waals surface area contributed by atoms with Crippen LogP contribution in [0.1, 0.15) is 31.2 Å². The fraction of sp³-hybridized carbons (Fsp3) is 0.389. The average Bonchev–Trinajstić information content (AvgIpc) is 2.65. The van der Waals surface area contributed by atoms with Crippen LogP contribution in [0, 0.1) is 0 Å². The first-order valence-corrected chi connectivity index (χ1v) is 9.69. The molecule has 0 spiro atoms. The fourth-order valence-electron chi connectivity index (χ4n) is 2.95. The first kappa shape index (κ1) is 18.9. The van der Waals surface area contributed by atoms with Crippen LogP contribution in [0.15, 0.2) is 41.0 Å². The molecule has 8 heteroatoms. The third-order valence-electron chi connectivity index (χ3n) is 4.32. The fourth-order valence-corrected chi connectivity index (χ4v) is 3.39. The molecule has 138 valence electrons. The highest BCUT2D eigenvalue weighted by molar-refractivity contribution is 9.10. The van der Waals surface area contributed by atoms with Crippen molar-refractivity contribution in [2.24, 2.45) is 0 Å². The molecule has 0 aliphatic heterocycles. The summed E-state index contributed by atoms with van der Waals surface area (Å²) in [6, 6.07) is 10.1. The first-order valence-electron chi connectivity index (χ1n) is 8.52. The van der Waals surface area contributed by atoms with Gasteiger partial charge in [-0.25, -0.2) is 9.78 Å². The molecule has 1 aromatic carbocycles. The van der Waals surface area contributed by atoms with E-state index in [2.05, 4.69) is 36.5 Å². The quantitative estimate of drug-likeness (QED) is 0.669. The number of carbonyl (C=O) groups excluding carboxylic acids is 1. The van der Waals surface area contributed by atoms with Gasteiger partial charge in [-0.3, -0.25) is 0 Å². The minimum atomic E-state index is -0.365. The number of amides is 1. The molecule has 3 rings (SSSR count). The Morgan fingerprint density at radius 1 is 1.19 bits per heavy atom. The number of hydrogen-bond acceptors (Lipinski definition) is 5. The van der Waals surface area contributed by atoms with Gasteiger partial charge in [0.25, 0.3) is 0 Å². The number of halogens is 2. The molecule has 1 aliphatic carbocycles. The lowest BCUT2D eigenvalue weighted by atomic mass is 9.91. The van der Waals surface area contributed by atoms with E-state index in [1.54, 1.807) is 6.20 Å². The number of alkyl carbamates (subject to hydrolysis) is 1. The van der Waals surface area contributed by atoms with Crippen molar-refractivity contribution in [1.29, 1.82) is 0 Å². The molecule has 1 heterocycles. The zero-order valence-electron chi connectivity index (χ0n) is 14.1. The van der Waals surface area contributed by atoms with Gasteiger partial charge >= 0.3 is 6.09 Å². The van der Waals surface area contributed by atoms with Crippen molar-refractivity contribution in [3.63, 3.8) is 0 Å². The molecule has 6 nitrogen and oxygen atoms in total. The smallest absolute Gasteiger partial charge is 0.407 e. The average molecular weight is 440 g/mol. The van der Waals surface area contributed by atoms with Crippen molar-refractivity contribution < 1.29 is 9.53 Å². The van der Waals surface area contributed by atoms with Gasteiger partial charge in [0, 0.05) is 18.3 Å². The van der Waals surface area contributed by atoms with Crippen LogP contribution in [0.25, 0.3) is 0 Å². The van der Waals surface area contributed by atoms with Crippen LogP contribution < -0.4 is 10.6 Å². The topological polar surface area (TPSA) is 76.1 Å². The number of carbonyl (C=O) groups is 1. The predicted molar refractivity (Wildman–Crippen MR) is 104 cm³/mol. The molecule has 1 saturated carbocycles. The van der Waals surface area contributed by atoms with Gasteiger partial charge < -0.3 is 15.4 Å². The predicted octanol–water partition coefficient (Wildman–Crippen LogP) is 4.54. The molecule has 1 aliphatic rings.